The minimum Gasteiger partial charge on any atom is -0.392 e. The van der Waals surface area contributed by atoms with Gasteiger partial charge >= 0.3 is 0 Å². The van der Waals surface area contributed by atoms with E-state index in [4.69, 9.17) is 20.9 Å². The fourth-order valence-corrected chi connectivity index (χ4v) is 8.20. The Labute approximate surface area is 120 Å². The van der Waals surface area contributed by atoms with Crippen LogP contribution < -0.4 is 0 Å². The Balaban J connectivity index is 2.61. The largest absolute Gasteiger partial charge is 0.392 e. The van der Waals surface area contributed by atoms with Crippen LogP contribution in [-0.4, -0.2) is 29.7 Å². The van der Waals surface area contributed by atoms with Crippen LogP contribution in [0.15, 0.2) is 0 Å². The van der Waals surface area contributed by atoms with E-state index >= 15 is 0 Å². The third-order valence-electron chi connectivity index (χ3n) is 3.01. The molecule has 0 aromatic carbocycles. The van der Waals surface area contributed by atoms with E-state index in [0.717, 1.165) is 19.3 Å². The molecule has 3 nitrogen and oxygen atoms in total. The van der Waals surface area contributed by atoms with Gasteiger partial charge in [0.05, 0.1) is 19.3 Å². The van der Waals surface area contributed by atoms with Gasteiger partial charge in [0, 0.05) is 5.25 Å². The van der Waals surface area contributed by atoms with Gasteiger partial charge in [-0.25, -0.2) is 0 Å². The number of aliphatic hydroxyl groups is 1. The van der Waals surface area contributed by atoms with E-state index in [1.54, 1.807) is 11.4 Å². The topological polar surface area (TPSA) is 38.7 Å². The monoisotopic (exact) mass is 312 g/mol. The first kappa shape index (κ1) is 16.9. The van der Waals surface area contributed by atoms with Crippen LogP contribution in [0.2, 0.25) is 0 Å². The predicted octanol–water partition coefficient (Wildman–Crippen LogP) is 4.10. The second-order valence-corrected chi connectivity index (χ2v) is 10.9. The van der Waals surface area contributed by atoms with Crippen LogP contribution in [0, 0.1) is 0 Å². The van der Waals surface area contributed by atoms with Crippen LogP contribution in [-0.2, 0) is 20.9 Å². The zero-order chi connectivity index (χ0) is 13.4. The maximum absolute atomic E-state index is 10.2. The predicted molar refractivity (Wildman–Crippen MR) is 82.6 cm³/mol. The fraction of sp³-hybridized carbons (Fsp3) is 1.00. The van der Waals surface area contributed by atoms with E-state index in [9.17, 15) is 5.11 Å². The summed E-state index contributed by atoms with van der Waals surface area (Å²) in [5.74, 6) is 0. The highest BCUT2D eigenvalue weighted by Gasteiger charge is 2.29. The van der Waals surface area contributed by atoms with Gasteiger partial charge in [-0.15, -0.1) is 0 Å². The highest BCUT2D eigenvalue weighted by atomic mass is 32.9. The third kappa shape index (κ3) is 5.89. The Morgan fingerprint density at radius 2 is 1.67 bits per heavy atom. The normalized spacial score (nSPS) is 26.6. The maximum atomic E-state index is 10.2. The summed E-state index contributed by atoms with van der Waals surface area (Å²) in [6.45, 7) is 5.03. The van der Waals surface area contributed by atoms with Gasteiger partial charge in [0.2, 0.25) is 5.69 Å². The molecule has 0 aromatic rings. The summed E-state index contributed by atoms with van der Waals surface area (Å²) in [5.41, 5.74) is -2.27. The van der Waals surface area contributed by atoms with E-state index in [0.29, 0.717) is 13.2 Å². The van der Waals surface area contributed by atoms with E-state index in [2.05, 4.69) is 0 Å². The molecule has 108 valence electrons. The molecule has 1 saturated carbocycles. The van der Waals surface area contributed by atoms with Crippen molar-refractivity contribution in [2.45, 2.75) is 63.7 Å². The SMILES string of the molecule is CCOP(=S)(OCC)S[C@H]1CCCCCC[C@@H]1O. The van der Waals surface area contributed by atoms with Crippen LogP contribution in [0.3, 0.4) is 0 Å². The molecule has 0 saturated heterocycles. The van der Waals surface area contributed by atoms with E-state index in [-0.39, 0.29) is 11.4 Å². The van der Waals surface area contributed by atoms with Crippen molar-refractivity contribution in [2.24, 2.45) is 0 Å². The smallest absolute Gasteiger partial charge is 0.247 e. The first-order valence-corrected chi connectivity index (χ1v) is 11.0. The zero-order valence-corrected chi connectivity index (χ0v) is 13.9. The summed E-state index contributed by atoms with van der Waals surface area (Å²) in [4.78, 5) is 0. The lowest BCUT2D eigenvalue weighted by molar-refractivity contribution is 0.148. The van der Waals surface area contributed by atoms with E-state index in [1.165, 1.54) is 19.3 Å². The van der Waals surface area contributed by atoms with Gasteiger partial charge in [0.15, 0.2) is 0 Å². The number of rotatable bonds is 6. The van der Waals surface area contributed by atoms with Gasteiger partial charge in [-0.2, -0.15) is 0 Å². The molecule has 1 aliphatic carbocycles. The molecule has 0 heterocycles. The molecule has 18 heavy (non-hydrogen) atoms. The lowest BCUT2D eigenvalue weighted by atomic mass is 9.98. The number of hydrogen-bond donors (Lipinski definition) is 1. The summed E-state index contributed by atoms with van der Waals surface area (Å²) in [6, 6.07) is 0. The number of aliphatic hydroxyl groups excluding tert-OH is 1. The Hall–Kier alpha value is 0.880. The van der Waals surface area contributed by atoms with Gasteiger partial charge in [-0.05, 0) is 38.5 Å². The molecule has 0 radical (unpaired) electrons. The van der Waals surface area contributed by atoms with Crippen LogP contribution in [0.4, 0.5) is 0 Å². The van der Waals surface area contributed by atoms with Crippen LogP contribution in [0.5, 0.6) is 0 Å². The zero-order valence-electron chi connectivity index (χ0n) is 11.3. The van der Waals surface area contributed by atoms with Gasteiger partial charge in [-0.3, -0.25) is 0 Å². The minimum atomic E-state index is -2.27. The van der Waals surface area contributed by atoms with Crippen molar-refractivity contribution in [3.63, 3.8) is 0 Å². The molecule has 1 fully saturated rings. The third-order valence-corrected chi connectivity index (χ3v) is 8.86. The summed E-state index contributed by atoms with van der Waals surface area (Å²) in [5, 5.41) is 10.4. The molecular weight excluding hydrogens is 287 g/mol. The molecule has 0 amide bonds. The van der Waals surface area contributed by atoms with E-state index in [1.807, 2.05) is 13.8 Å². The van der Waals surface area contributed by atoms with Crippen molar-refractivity contribution < 1.29 is 14.2 Å². The molecular formula is C12H25O3PS2. The lowest BCUT2D eigenvalue weighted by Crippen LogP contribution is -2.24. The standard InChI is InChI=1S/C12H25O3PS2/c1-3-14-16(17,15-4-2)18-12-10-8-6-5-7-9-11(12)13/h11-13H,3-10H2,1-2H3/t11-,12-/m0/s1. The Kier molecular flexibility index (Phi) is 8.40. The van der Waals surface area contributed by atoms with Crippen molar-refractivity contribution in [3.8, 4) is 0 Å². The van der Waals surface area contributed by atoms with E-state index < -0.39 is 5.69 Å². The first-order chi connectivity index (χ1) is 8.61. The summed E-state index contributed by atoms with van der Waals surface area (Å²) >= 11 is 7.11. The van der Waals surface area contributed by atoms with Gasteiger partial charge in [0.1, 0.15) is 0 Å². The molecule has 0 bridgehead atoms. The summed E-state index contributed by atoms with van der Waals surface area (Å²) < 4.78 is 11.3. The first-order valence-electron chi connectivity index (χ1n) is 6.87. The Morgan fingerprint density at radius 1 is 1.11 bits per heavy atom. The molecule has 1 aliphatic rings. The van der Waals surface area contributed by atoms with Gasteiger partial charge < -0.3 is 14.2 Å². The average Bonchev–Trinajstić information content (AvgIpc) is 2.30. The van der Waals surface area contributed by atoms with Crippen molar-refractivity contribution in [1.82, 2.24) is 0 Å². The van der Waals surface area contributed by atoms with Crippen LogP contribution in [0.25, 0.3) is 0 Å². The summed E-state index contributed by atoms with van der Waals surface area (Å²) in [6.07, 6.45) is 6.41. The van der Waals surface area contributed by atoms with Gasteiger partial charge in [-0.1, -0.05) is 37.1 Å². The molecule has 0 aliphatic heterocycles. The minimum absolute atomic E-state index is 0.175. The average molecular weight is 312 g/mol. The second-order valence-electron chi connectivity index (χ2n) is 4.49. The molecule has 0 unspecified atom stereocenters. The van der Waals surface area contributed by atoms with Crippen molar-refractivity contribution in [3.05, 3.63) is 0 Å². The highest BCUT2D eigenvalue weighted by Crippen LogP contribution is 2.63. The molecule has 0 aromatic heterocycles. The maximum Gasteiger partial charge on any atom is 0.247 e. The quantitative estimate of drug-likeness (QED) is 0.748. The van der Waals surface area contributed by atoms with Crippen LogP contribution in [0.1, 0.15) is 52.4 Å². The van der Waals surface area contributed by atoms with Gasteiger partial charge in [0.25, 0.3) is 0 Å². The second kappa shape index (κ2) is 8.93. The molecule has 1 rings (SSSR count). The Bertz CT molecular complexity index is 266. The lowest BCUT2D eigenvalue weighted by Gasteiger charge is -2.29. The summed E-state index contributed by atoms with van der Waals surface area (Å²) in [7, 11) is 0. The van der Waals surface area contributed by atoms with Crippen molar-refractivity contribution >= 4 is 28.9 Å². The molecule has 0 spiro atoms. The van der Waals surface area contributed by atoms with Crippen LogP contribution >= 0.6 is 17.1 Å². The molecule has 6 heteroatoms. The highest BCUT2D eigenvalue weighted by molar-refractivity contribution is 8.68. The Morgan fingerprint density at radius 3 is 2.22 bits per heavy atom. The van der Waals surface area contributed by atoms with Crippen molar-refractivity contribution in [2.75, 3.05) is 13.2 Å². The fourth-order valence-electron chi connectivity index (χ4n) is 2.13. The molecule has 1 N–H and O–H groups in total. The molecule has 2 atom stereocenters. The van der Waals surface area contributed by atoms with Crippen molar-refractivity contribution in [1.29, 1.82) is 0 Å². The number of hydrogen-bond acceptors (Lipinski definition) is 5.